The van der Waals surface area contributed by atoms with E-state index in [0.29, 0.717) is 43.0 Å². The van der Waals surface area contributed by atoms with Crippen LogP contribution in [-0.4, -0.2) is 79.2 Å². The minimum absolute atomic E-state index is 0.00122. The molecule has 242 valence electrons. The average Bonchev–Trinajstić information content (AvgIpc) is 3.35. The molecule has 0 aliphatic carbocycles. The van der Waals surface area contributed by atoms with Crippen LogP contribution in [0.2, 0.25) is 18.1 Å². The van der Waals surface area contributed by atoms with Gasteiger partial charge in [0.2, 0.25) is 5.91 Å². The molecule has 1 atom stereocenters. The van der Waals surface area contributed by atoms with Gasteiger partial charge in [-0.05, 0) is 72.8 Å². The summed E-state index contributed by atoms with van der Waals surface area (Å²) < 4.78 is 6.56. The van der Waals surface area contributed by atoms with Crippen molar-refractivity contribution in [3.8, 4) is 11.1 Å². The van der Waals surface area contributed by atoms with Crippen LogP contribution in [0.1, 0.15) is 76.2 Å². The number of hydrogen-bond acceptors (Lipinski definition) is 5. The highest BCUT2D eigenvalue weighted by Gasteiger charge is 2.41. The molecule has 2 heterocycles. The van der Waals surface area contributed by atoms with Gasteiger partial charge in [-0.1, -0.05) is 58.9 Å². The third-order valence-corrected chi connectivity index (χ3v) is 13.5. The second-order valence-electron chi connectivity index (χ2n) is 13.5. The number of benzene rings is 2. The fraction of sp³-hybridized carbons (Fsp3) is 0.486. The molecule has 2 aromatic carbocycles. The summed E-state index contributed by atoms with van der Waals surface area (Å²) in [6.45, 7) is 17.8. The second-order valence-corrected chi connectivity index (χ2v) is 18.3. The van der Waals surface area contributed by atoms with Crippen LogP contribution in [0.3, 0.4) is 0 Å². The molecule has 2 aliphatic heterocycles. The van der Waals surface area contributed by atoms with Crippen molar-refractivity contribution in [2.24, 2.45) is 4.99 Å². The second kappa shape index (κ2) is 14.1. The predicted molar refractivity (Wildman–Crippen MR) is 182 cm³/mol. The Morgan fingerprint density at radius 1 is 1.04 bits per heavy atom. The lowest BCUT2D eigenvalue weighted by Crippen LogP contribution is -2.44. The number of amides is 3. The number of likely N-dealkylation sites (tertiary alicyclic amines) is 1. The number of carboxylic acid groups (broad SMARTS) is 1. The summed E-state index contributed by atoms with van der Waals surface area (Å²) in [6.07, 6.45) is 3.27. The first-order valence-electron chi connectivity index (χ1n) is 16.0. The average molecular weight is 633 g/mol. The first-order valence-corrected chi connectivity index (χ1v) is 18.9. The van der Waals surface area contributed by atoms with Gasteiger partial charge in [-0.25, -0.2) is 9.79 Å². The van der Waals surface area contributed by atoms with Gasteiger partial charge in [0.1, 0.15) is 5.84 Å². The van der Waals surface area contributed by atoms with Crippen molar-refractivity contribution in [2.45, 2.75) is 84.5 Å². The van der Waals surface area contributed by atoms with E-state index < -0.39 is 14.4 Å². The van der Waals surface area contributed by atoms with Crippen molar-refractivity contribution in [1.82, 2.24) is 15.1 Å². The summed E-state index contributed by atoms with van der Waals surface area (Å²) in [5.41, 5.74) is 4.21. The fourth-order valence-corrected chi connectivity index (χ4v) is 6.91. The van der Waals surface area contributed by atoms with E-state index in [1.165, 1.54) is 0 Å². The van der Waals surface area contributed by atoms with E-state index in [2.05, 4.69) is 44.2 Å². The number of carbonyl (C=O) groups excluding carboxylic acids is 2. The molecule has 45 heavy (non-hydrogen) atoms. The Hall–Kier alpha value is -3.76. The SMILES string of the molecule is CCCN(CCC)C(=O)C1=Cc2ccc(-c3ccc(C(=O)N4CC[C@@H](O[Si](C)(C)C(C)(C)C)C4)cc3)cc2N=C(NC(=O)O)C1. The van der Waals surface area contributed by atoms with E-state index in [0.717, 1.165) is 36.0 Å². The van der Waals surface area contributed by atoms with Gasteiger partial charge in [-0.3, -0.25) is 14.9 Å². The van der Waals surface area contributed by atoms with E-state index in [-0.39, 0.29) is 35.2 Å². The molecule has 2 aliphatic rings. The molecule has 0 radical (unpaired) electrons. The monoisotopic (exact) mass is 632 g/mol. The molecule has 0 saturated carbocycles. The van der Waals surface area contributed by atoms with Crippen LogP contribution >= 0.6 is 0 Å². The molecule has 0 aromatic heterocycles. The van der Waals surface area contributed by atoms with Crippen LogP contribution in [0.15, 0.2) is 53.0 Å². The van der Waals surface area contributed by atoms with Crippen LogP contribution in [0.5, 0.6) is 0 Å². The lowest BCUT2D eigenvalue weighted by molar-refractivity contribution is -0.127. The minimum Gasteiger partial charge on any atom is -0.465 e. The third-order valence-electron chi connectivity index (χ3n) is 8.94. The summed E-state index contributed by atoms with van der Waals surface area (Å²) in [4.78, 5) is 46.7. The van der Waals surface area contributed by atoms with Crippen molar-refractivity contribution in [3.63, 3.8) is 0 Å². The van der Waals surface area contributed by atoms with Crippen molar-refractivity contribution in [2.75, 3.05) is 26.2 Å². The van der Waals surface area contributed by atoms with Gasteiger partial charge >= 0.3 is 6.09 Å². The number of amidine groups is 1. The van der Waals surface area contributed by atoms with Gasteiger partial charge in [-0.2, -0.15) is 0 Å². The van der Waals surface area contributed by atoms with Gasteiger partial charge in [-0.15, -0.1) is 0 Å². The predicted octanol–water partition coefficient (Wildman–Crippen LogP) is 7.32. The van der Waals surface area contributed by atoms with E-state index in [1.54, 1.807) is 0 Å². The van der Waals surface area contributed by atoms with Gasteiger partial charge in [0, 0.05) is 49.3 Å². The zero-order valence-electron chi connectivity index (χ0n) is 27.8. The smallest absolute Gasteiger partial charge is 0.410 e. The molecule has 0 bridgehead atoms. The Morgan fingerprint density at radius 2 is 1.69 bits per heavy atom. The Kier molecular flexibility index (Phi) is 10.7. The molecule has 10 heteroatoms. The molecule has 2 N–H and O–H groups in total. The largest absolute Gasteiger partial charge is 0.465 e. The van der Waals surface area contributed by atoms with Crippen LogP contribution < -0.4 is 5.32 Å². The maximum atomic E-state index is 13.5. The number of hydrogen-bond donors (Lipinski definition) is 2. The van der Waals surface area contributed by atoms with Crippen molar-refractivity contribution in [3.05, 3.63) is 59.2 Å². The Labute approximate surface area is 268 Å². The molecular weight excluding hydrogens is 584 g/mol. The third kappa shape index (κ3) is 8.29. The first-order chi connectivity index (χ1) is 21.2. The van der Waals surface area contributed by atoms with Crippen LogP contribution in [-0.2, 0) is 9.22 Å². The topological polar surface area (TPSA) is 112 Å². The van der Waals surface area contributed by atoms with Crippen molar-refractivity contribution in [1.29, 1.82) is 0 Å². The zero-order chi connectivity index (χ0) is 32.9. The molecule has 0 spiro atoms. The normalized spacial score (nSPS) is 16.8. The quantitative estimate of drug-likeness (QED) is 0.281. The van der Waals surface area contributed by atoms with Gasteiger partial charge in [0.05, 0.1) is 11.8 Å². The first kappa shape index (κ1) is 34.1. The molecule has 1 saturated heterocycles. The van der Waals surface area contributed by atoms with Gasteiger partial charge in [0.25, 0.3) is 5.91 Å². The molecule has 2 aromatic rings. The van der Waals surface area contributed by atoms with E-state index in [4.69, 9.17) is 4.43 Å². The Balaban J connectivity index is 1.54. The van der Waals surface area contributed by atoms with Gasteiger partial charge in [0.15, 0.2) is 8.32 Å². The molecule has 0 unspecified atom stereocenters. The zero-order valence-corrected chi connectivity index (χ0v) is 28.8. The number of fused-ring (bicyclic) bond motifs is 1. The number of nitrogens with one attached hydrogen (secondary N) is 1. The summed E-state index contributed by atoms with van der Waals surface area (Å²) in [5, 5.41) is 11.9. The van der Waals surface area contributed by atoms with E-state index >= 15 is 0 Å². The standard InChI is InChI=1S/C35H48N4O5Si/c1-8-17-38(18-9-2)33(41)28-20-27-15-14-26(21-30(27)36-31(22-28)37-34(42)43)24-10-12-25(13-11-24)32(40)39-19-16-29(23-39)44-45(6,7)35(3,4)5/h10-15,20-21,29H,8-9,16-19,22-23H2,1-7H3,(H,36,37)(H,42,43)/t29-/m1/s1. The molecule has 9 nitrogen and oxygen atoms in total. The van der Waals surface area contributed by atoms with E-state index in [1.807, 2.05) is 72.2 Å². The maximum absolute atomic E-state index is 13.5. The lowest BCUT2D eigenvalue weighted by Gasteiger charge is -2.38. The highest BCUT2D eigenvalue weighted by Crippen LogP contribution is 2.38. The number of carbonyl (C=O) groups is 3. The fourth-order valence-electron chi connectivity index (χ4n) is 5.53. The summed E-state index contributed by atoms with van der Waals surface area (Å²) in [7, 11) is -1.91. The van der Waals surface area contributed by atoms with Crippen molar-refractivity contribution < 1.29 is 23.9 Å². The summed E-state index contributed by atoms with van der Waals surface area (Å²) in [5.74, 6) is 0.0984. The highest BCUT2D eigenvalue weighted by molar-refractivity contribution is 6.74. The Bertz CT molecular complexity index is 1470. The summed E-state index contributed by atoms with van der Waals surface area (Å²) in [6, 6.07) is 13.3. The number of aliphatic imine (C=N–C) groups is 1. The highest BCUT2D eigenvalue weighted by atomic mass is 28.4. The maximum Gasteiger partial charge on any atom is 0.410 e. The summed E-state index contributed by atoms with van der Waals surface area (Å²) >= 11 is 0. The van der Waals surface area contributed by atoms with Crippen LogP contribution in [0.25, 0.3) is 17.2 Å². The number of nitrogens with zero attached hydrogens (tertiary/aromatic N) is 3. The minimum atomic E-state index is -1.91. The van der Waals surface area contributed by atoms with Crippen LogP contribution in [0, 0.1) is 0 Å². The van der Waals surface area contributed by atoms with Crippen LogP contribution in [0.4, 0.5) is 10.5 Å². The van der Waals surface area contributed by atoms with E-state index in [9.17, 15) is 19.5 Å². The molecule has 4 rings (SSSR count). The molecule has 3 amide bonds. The number of rotatable bonds is 9. The molecule has 1 fully saturated rings. The van der Waals surface area contributed by atoms with Gasteiger partial charge < -0.3 is 19.3 Å². The molecular formula is C35H48N4O5Si. The Morgan fingerprint density at radius 3 is 2.29 bits per heavy atom. The lowest BCUT2D eigenvalue weighted by atomic mass is 9.99. The van der Waals surface area contributed by atoms with Crippen molar-refractivity contribution >= 4 is 43.8 Å².